The first-order valence-electron chi connectivity index (χ1n) is 10.7. The third-order valence-corrected chi connectivity index (χ3v) is 8.19. The lowest BCUT2D eigenvalue weighted by Gasteiger charge is -2.50. The summed E-state index contributed by atoms with van der Waals surface area (Å²) in [4.78, 5) is 11.6. The molecule has 4 rings (SSSR count). The molecule has 0 heterocycles. The molecule has 2 saturated carbocycles. The molecule has 5 atom stereocenters. The number of carbonyl (C=O) groups is 1. The second-order valence-electron chi connectivity index (χ2n) is 10.2. The molecule has 1 aromatic carbocycles. The monoisotopic (exact) mass is 386 g/mol. The predicted octanol–water partition coefficient (Wildman–Crippen LogP) is 5.69. The zero-order valence-corrected chi connectivity index (χ0v) is 18.5. The molecule has 0 spiro atoms. The highest BCUT2D eigenvalue weighted by atomic mass is 28.4. The lowest BCUT2D eigenvalue weighted by atomic mass is 9.55. The van der Waals surface area contributed by atoms with Gasteiger partial charge in [-0.3, -0.25) is 4.79 Å². The van der Waals surface area contributed by atoms with E-state index >= 15 is 0 Å². The van der Waals surface area contributed by atoms with Gasteiger partial charge in [-0.15, -0.1) is 0 Å². The van der Waals surface area contributed by atoms with Crippen LogP contribution in [-0.4, -0.2) is 20.4 Å². The fourth-order valence-corrected chi connectivity index (χ4v) is 7.16. The van der Waals surface area contributed by atoms with Crippen molar-refractivity contribution in [2.24, 2.45) is 17.3 Å². The summed E-state index contributed by atoms with van der Waals surface area (Å²) in [5.41, 5.74) is 3.24. The average molecular weight is 387 g/mol. The van der Waals surface area contributed by atoms with Gasteiger partial charge in [-0.1, -0.05) is 13.0 Å². The van der Waals surface area contributed by atoms with Gasteiger partial charge in [0.05, 0.1) is 0 Å². The van der Waals surface area contributed by atoms with E-state index in [1.54, 1.807) is 12.5 Å². The van der Waals surface area contributed by atoms with Crippen molar-refractivity contribution in [3.05, 3.63) is 29.3 Å². The first kappa shape index (κ1) is 19.0. The van der Waals surface area contributed by atoms with Crippen LogP contribution >= 0.6 is 0 Å². The Hall–Kier alpha value is -1.29. The van der Waals surface area contributed by atoms with Crippen molar-refractivity contribution in [1.29, 1.82) is 0 Å². The Morgan fingerprint density at radius 2 is 1.93 bits per heavy atom. The average Bonchev–Trinajstić information content (AvgIpc) is 2.89. The topological polar surface area (TPSA) is 35.5 Å². The molecular weight excluding hydrogens is 352 g/mol. The molecule has 0 unspecified atom stereocenters. The van der Waals surface area contributed by atoms with Gasteiger partial charge in [0, 0.05) is 12.3 Å². The van der Waals surface area contributed by atoms with Crippen LogP contribution in [-0.2, 0) is 16.0 Å². The number of esters is 1. The van der Waals surface area contributed by atoms with Crippen LogP contribution in [0.15, 0.2) is 18.2 Å². The van der Waals surface area contributed by atoms with Gasteiger partial charge < -0.3 is 9.16 Å². The summed E-state index contributed by atoms with van der Waals surface area (Å²) >= 11 is 0. The summed E-state index contributed by atoms with van der Waals surface area (Å²) in [6, 6.07) is 6.86. The van der Waals surface area contributed by atoms with Crippen LogP contribution < -0.4 is 4.43 Å². The van der Waals surface area contributed by atoms with Gasteiger partial charge in [-0.25, -0.2) is 0 Å². The molecular formula is C23H34O3Si. The van der Waals surface area contributed by atoms with Crippen LogP contribution in [0.3, 0.4) is 0 Å². The van der Waals surface area contributed by atoms with E-state index in [1.165, 1.54) is 31.2 Å². The minimum Gasteiger partial charge on any atom is -0.544 e. The van der Waals surface area contributed by atoms with Crippen LogP contribution in [0.4, 0.5) is 0 Å². The normalized spacial score (nSPS) is 35.0. The fraction of sp³-hybridized carbons (Fsp3) is 0.696. The molecule has 0 aromatic heterocycles. The zero-order valence-electron chi connectivity index (χ0n) is 17.5. The molecule has 27 heavy (non-hydrogen) atoms. The van der Waals surface area contributed by atoms with Crippen LogP contribution in [0.1, 0.15) is 63.0 Å². The smallest absolute Gasteiger partial charge is 0.302 e. The molecule has 2 fully saturated rings. The standard InChI is InChI=1S/C23H34O3Si/c1-15(24)25-22-11-10-21-20-8-6-16-14-17(26-27(3,4)5)7-9-18(16)19(20)12-13-23(21,22)2/h7,9,14,19-22H,6,8,10-13H2,1-5H3/t19-,20-,21+,22+,23+/m1/s1. The summed E-state index contributed by atoms with van der Waals surface area (Å²) in [6.07, 6.45) is 7.18. The number of carbonyl (C=O) groups excluding carboxylic acids is 1. The first-order valence-corrected chi connectivity index (χ1v) is 14.1. The molecule has 0 aliphatic heterocycles. The maximum Gasteiger partial charge on any atom is 0.302 e. The van der Waals surface area contributed by atoms with Gasteiger partial charge in [-0.2, -0.15) is 0 Å². The van der Waals surface area contributed by atoms with E-state index < -0.39 is 8.32 Å². The number of fused-ring (bicyclic) bond motifs is 5. The number of ether oxygens (including phenoxy) is 1. The van der Waals surface area contributed by atoms with Crippen LogP contribution in [0.2, 0.25) is 19.6 Å². The molecule has 1 aromatic rings. The Bertz CT molecular complexity index is 738. The Morgan fingerprint density at radius 3 is 2.63 bits per heavy atom. The lowest BCUT2D eigenvalue weighted by molar-refractivity contribution is -0.154. The first-order chi connectivity index (χ1) is 12.7. The van der Waals surface area contributed by atoms with E-state index in [4.69, 9.17) is 9.16 Å². The predicted molar refractivity (Wildman–Crippen MR) is 111 cm³/mol. The maximum absolute atomic E-state index is 11.6. The summed E-state index contributed by atoms with van der Waals surface area (Å²) in [5, 5.41) is 0. The van der Waals surface area contributed by atoms with Gasteiger partial charge in [0.1, 0.15) is 11.9 Å². The second kappa shape index (κ2) is 6.65. The van der Waals surface area contributed by atoms with Gasteiger partial charge >= 0.3 is 5.97 Å². The number of aryl methyl sites for hydroxylation is 1. The molecule has 3 aliphatic carbocycles. The zero-order chi connectivity index (χ0) is 19.4. The van der Waals surface area contributed by atoms with E-state index in [2.05, 4.69) is 44.8 Å². The summed E-state index contributed by atoms with van der Waals surface area (Å²) in [5.74, 6) is 3.03. The largest absolute Gasteiger partial charge is 0.544 e. The van der Waals surface area contributed by atoms with Gasteiger partial charge in [0.2, 0.25) is 8.32 Å². The molecule has 0 amide bonds. The lowest BCUT2D eigenvalue weighted by Crippen LogP contribution is -2.45. The van der Waals surface area contributed by atoms with E-state index in [1.807, 2.05) is 0 Å². The van der Waals surface area contributed by atoms with E-state index in [9.17, 15) is 4.79 Å². The third kappa shape index (κ3) is 3.46. The van der Waals surface area contributed by atoms with Crippen molar-refractivity contribution in [1.82, 2.24) is 0 Å². The van der Waals surface area contributed by atoms with Crippen molar-refractivity contribution in [2.75, 3.05) is 0 Å². The SMILES string of the molecule is CC(=O)O[C@H]1CC[C@H]2[C@@H]3CCc4cc(O[Si](C)(C)C)ccc4[C@H]3CC[C@]12C. The highest BCUT2D eigenvalue weighted by Gasteiger charge is 2.56. The minimum absolute atomic E-state index is 0.118. The molecule has 0 radical (unpaired) electrons. The Balaban J connectivity index is 1.57. The van der Waals surface area contributed by atoms with Crippen molar-refractivity contribution >= 4 is 14.3 Å². The van der Waals surface area contributed by atoms with Crippen molar-refractivity contribution in [3.8, 4) is 5.75 Å². The highest BCUT2D eigenvalue weighted by Crippen LogP contribution is 2.61. The second-order valence-corrected chi connectivity index (χ2v) is 14.6. The maximum atomic E-state index is 11.6. The molecule has 3 nitrogen and oxygen atoms in total. The molecule has 0 N–H and O–H groups in total. The van der Waals surface area contributed by atoms with Gasteiger partial charge in [0.15, 0.2) is 0 Å². The van der Waals surface area contributed by atoms with Crippen LogP contribution in [0.25, 0.3) is 0 Å². The van der Waals surface area contributed by atoms with Crippen molar-refractivity contribution in [2.45, 2.75) is 84.0 Å². The van der Waals surface area contributed by atoms with Crippen molar-refractivity contribution in [3.63, 3.8) is 0 Å². The van der Waals surface area contributed by atoms with E-state index in [0.29, 0.717) is 11.8 Å². The summed E-state index contributed by atoms with van der Waals surface area (Å²) in [7, 11) is -1.57. The molecule has 0 saturated heterocycles. The Kier molecular flexibility index (Phi) is 4.69. The number of benzene rings is 1. The number of rotatable bonds is 3. The Labute approximate surface area is 165 Å². The van der Waals surface area contributed by atoms with Gasteiger partial charge in [0.25, 0.3) is 0 Å². The van der Waals surface area contributed by atoms with Crippen molar-refractivity contribution < 1.29 is 14.0 Å². The van der Waals surface area contributed by atoms with Crippen LogP contribution in [0, 0.1) is 17.3 Å². The molecule has 3 aliphatic rings. The molecule has 148 valence electrons. The summed E-state index contributed by atoms with van der Waals surface area (Å²) < 4.78 is 12.0. The fourth-order valence-electron chi connectivity index (χ4n) is 6.32. The van der Waals surface area contributed by atoms with E-state index in [0.717, 1.165) is 24.5 Å². The van der Waals surface area contributed by atoms with E-state index in [-0.39, 0.29) is 17.5 Å². The van der Waals surface area contributed by atoms with Gasteiger partial charge in [-0.05, 0) is 99.2 Å². The summed E-state index contributed by atoms with van der Waals surface area (Å²) in [6.45, 7) is 10.7. The third-order valence-electron chi connectivity index (χ3n) is 7.34. The quantitative estimate of drug-likeness (QED) is 0.494. The van der Waals surface area contributed by atoms with Crippen LogP contribution in [0.5, 0.6) is 5.75 Å². The highest BCUT2D eigenvalue weighted by molar-refractivity contribution is 6.70. The molecule has 0 bridgehead atoms. The molecule has 4 heteroatoms. The minimum atomic E-state index is -1.57. The Morgan fingerprint density at radius 1 is 1.15 bits per heavy atom. The number of hydrogen-bond acceptors (Lipinski definition) is 3. The number of hydrogen-bond donors (Lipinski definition) is 0.